The van der Waals surface area contributed by atoms with Gasteiger partial charge in [-0.15, -0.1) is 0 Å². The number of aryl methyl sites for hydroxylation is 1. The van der Waals surface area contributed by atoms with Gasteiger partial charge in [0.2, 0.25) is 0 Å². The second-order valence-electron chi connectivity index (χ2n) is 5.64. The van der Waals surface area contributed by atoms with E-state index in [2.05, 4.69) is 48.3 Å². The second kappa shape index (κ2) is 7.66. The van der Waals surface area contributed by atoms with Gasteiger partial charge in [-0.2, -0.15) is 0 Å². The first-order valence-corrected chi connectivity index (χ1v) is 7.86. The van der Waals surface area contributed by atoms with Crippen LogP contribution in [-0.4, -0.2) is 30.6 Å². The van der Waals surface area contributed by atoms with Crippen LogP contribution in [-0.2, 0) is 13.0 Å². The van der Waals surface area contributed by atoms with Crippen LogP contribution in [0.1, 0.15) is 44.2 Å². The Bertz CT molecular complexity index is 358. The number of hydrogen-bond acceptors (Lipinski definition) is 2. The minimum atomic E-state index is 0.734. The fourth-order valence-electron chi connectivity index (χ4n) is 2.89. The predicted molar refractivity (Wildman–Crippen MR) is 82.4 cm³/mol. The van der Waals surface area contributed by atoms with Crippen molar-refractivity contribution in [1.29, 1.82) is 0 Å². The molecule has 0 radical (unpaired) electrons. The summed E-state index contributed by atoms with van der Waals surface area (Å²) in [6, 6.07) is 9.88. The summed E-state index contributed by atoms with van der Waals surface area (Å²) in [5, 5.41) is 3.57. The highest BCUT2D eigenvalue weighted by Crippen LogP contribution is 2.19. The minimum absolute atomic E-state index is 0.734. The van der Waals surface area contributed by atoms with Crippen LogP contribution in [0.2, 0.25) is 0 Å². The lowest BCUT2D eigenvalue weighted by atomic mass is 10.1. The molecule has 106 valence electrons. The molecule has 1 aromatic carbocycles. The van der Waals surface area contributed by atoms with Gasteiger partial charge in [-0.1, -0.05) is 38.1 Å². The van der Waals surface area contributed by atoms with Crippen molar-refractivity contribution < 1.29 is 0 Å². The Balaban J connectivity index is 1.85. The maximum absolute atomic E-state index is 3.57. The van der Waals surface area contributed by atoms with E-state index in [9.17, 15) is 0 Å². The van der Waals surface area contributed by atoms with E-state index in [4.69, 9.17) is 0 Å². The average Bonchev–Trinajstić information content (AvgIpc) is 2.87. The molecule has 1 unspecified atom stereocenters. The van der Waals surface area contributed by atoms with Crippen LogP contribution in [0.4, 0.5) is 0 Å². The molecule has 19 heavy (non-hydrogen) atoms. The molecule has 0 aromatic heterocycles. The minimum Gasteiger partial charge on any atom is -0.315 e. The largest absolute Gasteiger partial charge is 0.315 e. The van der Waals surface area contributed by atoms with E-state index in [-0.39, 0.29) is 0 Å². The lowest BCUT2D eigenvalue weighted by molar-refractivity contribution is 0.239. The lowest BCUT2D eigenvalue weighted by Gasteiger charge is -2.25. The molecular weight excluding hydrogens is 232 g/mol. The van der Waals surface area contributed by atoms with E-state index in [0.29, 0.717) is 0 Å². The standard InChI is InChI=1S/C17H28N2/c1-3-11-18-13-17-6-5-12-19(17)14-16-9-7-15(4-2)8-10-16/h7-10,17-18H,3-6,11-14H2,1-2H3. The molecule has 1 aromatic rings. The molecule has 0 spiro atoms. The first-order chi connectivity index (χ1) is 9.33. The summed E-state index contributed by atoms with van der Waals surface area (Å²) in [5.74, 6) is 0. The van der Waals surface area contributed by atoms with Gasteiger partial charge in [-0.25, -0.2) is 0 Å². The summed E-state index contributed by atoms with van der Waals surface area (Å²) < 4.78 is 0. The number of hydrogen-bond donors (Lipinski definition) is 1. The van der Waals surface area contributed by atoms with Crippen LogP contribution in [0.25, 0.3) is 0 Å². The molecule has 2 rings (SSSR count). The average molecular weight is 260 g/mol. The van der Waals surface area contributed by atoms with Gasteiger partial charge in [0.1, 0.15) is 0 Å². The Kier molecular flexibility index (Phi) is 5.87. The zero-order valence-electron chi connectivity index (χ0n) is 12.5. The summed E-state index contributed by atoms with van der Waals surface area (Å²) in [6.45, 7) is 9.12. The number of nitrogens with zero attached hydrogens (tertiary/aromatic N) is 1. The van der Waals surface area contributed by atoms with Crippen molar-refractivity contribution in [1.82, 2.24) is 10.2 Å². The fraction of sp³-hybridized carbons (Fsp3) is 0.647. The molecule has 1 heterocycles. The van der Waals surface area contributed by atoms with Gasteiger partial charge < -0.3 is 5.32 Å². The number of rotatable bonds is 7. The SMILES string of the molecule is CCCNCC1CCCN1Cc1ccc(CC)cc1. The van der Waals surface area contributed by atoms with E-state index in [1.54, 1.807) is 0 Å². The predicted octanol–water partition coefficient (Wildman–Crippen LogP) is 3.21. The van der Waals surface area contributed by atoms with E-state index in [0.717, 1.165) is 32.1 Å². The van der Waals surface area contributed by atoms with Crippen molar-refractivity contribution in [3.63, 3.8) is 0 Å². The molecule has 1 aliphatic rings. The van der Waals surface area contributed by atoms with Crippen LogP contribution in [0.15, 0.2) is 24.3 Å². The van der Waals surface area contributed by atoms with E-state index >= 15 is 0 Å². The lowest BCUT2D eigenvalue weighted by Crippen LogP contribution is -2.37. The van der Waals surface area contributed by atoms with Gasteiger partial charge in [0.25, 0.3) is 0 Å². The highest BCUT2D eigenvalue weighted by Gasteiger charge is 2.23. The molecule has 1 aliphatic heterocycles. The van der Waals surface area contributed by atoms with Gasteiger partial charge >= 0.3 is 0 Å². The Morgan fingerprint density at radius 1 is 1.16 bits per heavy atom. The monoisotopic (exact) mass is 260 g/mol. The van der Waals surface area contributed by atoms with Crippen LogP contribution >= 0.6 is 0 Å². The summed E-state index contributed by atoms with van der Waals surface area (Å²) in [4.78, 5) is 2.64. The number of likely N-dealkylation sites (tertiary alicyclic amines) is 1. The van der Waals surface area contributed by atoms with Crippen LogP contribution in [0, 0.1) is 0 Å². The summed E-state index contributed by atoms with van der Waals surface area (Å²) in [7, 11) is 0. The maximum atomic E-state index is 3.57. The zero-order chi connectivity index (χ0) is 13.5. The molecular formula is C17H28N2. The number of benzene rings is 1. The molecule has 2 nitrogen and oxygen atoms in total. The molecule has 0 saturated carbocycles. The van der Waals surface area contributed by atoms with Crippen molar-refractivity contribution in [3.8, 4) is 0 Å². The third-order valence-electron chi connectivity index (χ3n) is 4.12. The fourth-order valence-corrected chi connectivity index (χ4v) is 2.89. The summed E-state index contributed by atoms with van der Waals surface area (Å²) in [5.41, 5.74) is 2.89. The quantitative estimate of drug-likeness (QED) is 0.757. The van der Waals surface area contributed by atoms with Gasteiger partial charge in [0.15, 0.2) is 0 Å². The summed E-state index contributed by atoms with van der Waals surface area (Å²) in [6.07, 6.45) is 5.06. The third kappa shape index (κ3) is 4.32. The van der Waals surface area contributed by atoms with Crippen LogP contribution in [0.3, 0.4) is 0 Å². The third-order valence-corrected chi connectivity index (χ3v) is 4.12. The van der Waals surface area contributed by atoms with Crippen LogP contribution < -0.4 is 5.32 Å². The van der Waals surface area contributed by atoms with E-state index in [1.807, 2.05) is 0 Å². The van der Waals surface area contributed by atoms with E-state index < -0.39 is 0 Å². The van der Waals surface area contributed by atoms with E-state index in [1.165, 1.54) is 36.9 Å². The molecule has 0 bridgehead atoms. The smallest absolute Gasteiger partial charge is 0.0237 e. The normalized spacial score (nSPS) is 20.0. The molecule has 1 N–H and O–H groups in total. The Morgan fingerprint density at radius 3 is 2.58 bits per heavy atom. The first kappa shape index (κ1) is 14.5. The van der Waals surface area contributed by atoms with Gasteiger partial charge in [-0.3, -0.25) is 4.90 Å². The topological polar surface area (TPSA) is 15.3 Å². The van der Waals surface area contributed by atoms with Crippen molar-refractivity contribution >= 4 is 0 Å². The van der Waals surface area contributed by atoms with Crippen molar-refractivity contribution in [2.45, 2.75) is 52.1 Å². The van der Waals surface area contributed by atoms with Crippen LogP contribution in [0.5, 0.6) is 0 Å². The highest BCUT2D eigenvalue weighted by atomic mass is 15.2. The molecule has 1 atom stereocenters. The van der Waals surface area contributed by atoms with Gasteiger partial charge in [0.05, 0.1) is 0 Å². The first-order valence-electron chi connectivity index (χ1n) is 7.86. The summed E-state index contributed by atoms with van der Waals surface area (Å²) >= 11 is 0. The zero-order valence-corrected chi connectivity index (χ0v) is 12.5. The van der Waals surface area contributed by atoms with Crippen molar-refractivity contribution in [2.75, 3.05) is 19.6 Å². The molecule has 1 fully saturated rings. The molecule has 1 saturated heterocycles. The van der Waals surface area contributed by atoms with Gasteiger partial charge in [0, 0.05) is 19.1 Å². The van der Waals surface area contributed by atoms with Crippen molar-refractivity contribution in [2.24, 2.45) is 0 Å². The molecule has 0 amide bonds. The Morgan fingerprint density at radius 2 is 1.89 bits per heavy atom. The van der Waals surface area contributed by atoms with Gasteiger partial charge in [-0.05, 0) is 49.9 Å². The maximum Gasteiger partial charge on any atom is 0.0237 e. The van der Waals surface area contributed by atoms with Crippen molar-refractivity contribution in [3.05, 3.63) is 35.4 Å². The molecule has 2 heteroatoms. The number of nitrogens with one attached hydrogen (secondary N) is 1. The second-order valence-corrected chi connectivity index (χ2v) is 5.64. The molecule has 0 aliphatic carbocycles. The highest BCUT2D eigenvalue weighted by molar-refractivity contribution is 5.22. The Hall–Kier alpha value is -0.860. The Labute approximate surface area is 118 Å².